The zero-order valence-corrected chi connectivity index (χ0v) is 13.7. The molecule has 0 atom stereocenters. The topological polar surface area (TPSA) is 90.7 Å². The maximum Gasteiger partial charge on any atom is 0.257 e. The minimum absolute atomic E-state index is 0.182. The van der Waals surface area contributed by atoms with Crippen molar-refractivity contribution in [2.75, 3.05) is 32.6 Å². The summed E-state index contributed by atoms with van der Waals surface area (Å²) in [5, 5.41) is 2.69. The lowest BCUT2D eigenvalue weighted by Gasteiger charge is -2.13. The third kappa shape index (κ3) is 5.73. The average Bonchev–Trinajstić information content (AvgIpc) is 2.41. The summed E-state index contributed by atoms with van der Waals surface area (Å²) >= 11 is 3.27. The molecule has 0 aliphatic carbocycles. The second-order valence-corrected chi connectivity index (χ2v) is 5.33. The molecule has 0 spiro atoms. The highest BCUT2D eigenvalue weighted by molar-refractivity contribution is 9.10. The van der Waals surface area contributed by atoms with E-state index in [0.717, 1.165) is 6.42 Å². The van der Waals surface area contributed by atoms with Crippen LogP contribution in [-0.4, -0.2) is 38.6 Å². The van der Waals surface area contributed by atoms with E-state index < -0.39 is 0 Å². The number of methoxy groups -OCH3 is 1. The molecule has 1 rings (SSSR count). The van der Waals surface area contributed by atoms with Gasteiger partial charge in [0.05, 0.1) is 11.3 Å². The second kappa shape index (κ2) is 8.63. The summed E-state index contributed by atoms with van der Waals surface area (Å²) in [6.07, 6.45) is 0.724. The smallest absolute Gasteiger partial charge is 0.257 e. The summed E-state index contributed by atoms with van der Waals surface area (Å²) < 4.78 is 11.0. The largest absolute Gasteiger partial charge is 0.481 e. The molecule has 0 unspecified atom stereocenters. The molecule has 6 nitrogen and oxygen atoms in total. The summed E-state index contributed by atoms with van der Waals surface area (Å²) in [5.74, 6) is -0.223. The molecule has 1 aromatic carbocycles. The Balaban J connectivity index is 2.62. The van der Waals surface area contributed by atoms with E-state index in [1.807, 2.05) is 0 Å². The first-order valence-corrected chi connectivity index (χ1v) is 7.23. The molecule has 0 bridgehead atoms. The van der Waals surface area contributed by atoms with Crippen LogP contribution in [0.4, 0.5) is 5.69 Å². The van der Waals surface area contributed by atoms with Gasteiger partial charge in [-0.2, -0.15) is 0 Å². The number of nitrogens with two attached hydrogens (primary N) is 1. The number of nitrogen functional groups attached to an aromatic ring is 1. The summed E-state index contributed by atoms with van der Waals surface area (Å²) in [6.45, 7) is 2.30. The lowest BCUT2D eigenvalue weighted by atomic mass is 10.1. The first-order valence-electron chi connectivity index (χ1n) is 6.44. The van der Waals surface area contributed by atoms with Gasteiger partial charge in [0.15, 0.2) is 18.1 Å². The molecule has 0 aliphatic rings. The fraction of sp³-hybridized carbons (Fsp3) is 0.429. The number of anilines is 1. The van der Waals surface area contributed by atoms with E-state index in [1.165, 1.54) is 6.92 Å². The van der Waals surface area contributed by atoms with Crippen LogP contribution in [0.25, 0.3) is 0 Å². The van der Waals surface area contributed by atoms with Gasteiger partial charge in [0.1, 0.15) is 0 Å². The molecule has 1 amide bonds. The second-order valence-electron chi connectivity index (χ2n) is 4.41. The molecule has 0 heterocycles. The average molecular weight is 359 g/mol. The van der Waals surface area contributed by atoms with Crippen molar-refractivity contribution in [3.63, 3.8) is 0 Å². The van der Waals surface area contributed by atoms with Crippen LogP contribution in [0.2, 0.25) is 0 Å². The minimum Gasteiger partial charge on any atom is -0.481 e. The van der Waals surface area contributed by atoms with E-state index in [9.17, 15) is 9.59 Å². The third-order valence-electron chi connectivity index (χ3n) is 2.66. The van der Waals surface area contributed by atoms with Crippen molar-refractivity contribution in [1.82, 2.24) is 5.32 Å². The van der Waals surface area contributed by atoms with E-state index >= 15 is 0 Å². The number of hydrogen-bond donors (Lipinski definition) is 2. The van der Waals surface area contributed by atoms with E-state index in [1.54, 1.807) is 19.2 Å². The monoisotopic (exact) mass is 358 g/mol. The zero-order chi connectivity index (χ0) is 15.8. The van der Waals surface area contributed by atoms with Crippen LogP contribution in [0.5, 0.6) is 5.75 Å². The third-order valence-corrected chi connectivity index (χ3v) is 3.11. The van der Waals surface area contributed by atoms with Gasteiger partial charge in [0.25, 0.3) is 5.91 Å². The molecule has 0 fully saturated rings. The molecule has 0 aromatic heterocycles. The quantitative estimate of drug-likeness (QED) is 0.419. The lowest BCUT2D eigenvalue weighted by molar-refractivity contribution is -0.123. The van der Waals surface area contributed by atoms with Crippen LogP contribution in [-0.2, 0) is 9.53 Å². The number of rotatable bonds is 8. The number of carbonyl (C=O) groups is 2. The molecular formula is C14H19BrN2O4. The van der Waals surface area contributed by atoms with Crippen LogP contribution in [0.3, 0.4) is 0 Å². The van der Waals surface area contributed by atoms with Crippen LogP contribution in [0.15, 0.2) is 16.6 Å². The number of ketones is 1. The van der Waals surface area contributed by atoms with E-state index in [2.05, 4.69) is 21.2 Å². The van der Waals surface area contributed by atoms with E-state index in [0.29, 0.717) is 28.9 Å². The minimum atomic E-state index is -0.275. The van der Waals surface area contributed by atoms with Crippen LogP contribution in [0, 0.1) is 0 Å². The van der Waals surface area contributed by atoms with Gasteiger partial charge in [-0.05, 0) is 25.5 Å². The van der Waals surface area contributed by atoms with E-state index in [4.69, 9.17) is 15.2 Å². The molecule has 1 aromatic rings. The number of Topliss-reactive ketones (excluding diaryl/α,β-unsaturated/α-hetero) is 1. The van der Waals surface area contributed by atoms with Gasteiger partial charge in [-0.25, -0.2) is 0 Å². The summed E-state index contributed by atoms with van der Waals surface area (Å²) in [7, 11) is 1.60. The predicted octanol–water partition coefficient (Wildman–Crippen LogP) is 1.77. The fourth-order valence-corrected chi connectivity index (χ4v) is 2.15. The Hall–Kier alpha value is -1.60. The predicted molar refractivity (Wildman–Crippen MR) is 83.6 cm³/mol. The highest BCUT2D eigenvalue weighted by Gasteiger charge is 2.15. The van der Waals surface area contributed by atoms with Crippen molar-refractivity contribution in [2.45, 2.75) is 13.3 Å². The maximum atomic E-state index is 11.6. The molecule has 3 N–H and O–H groups in total. The van der Waals surface area contributed by atoms with Crippen molar-refractivity contribution >= 4 is 33.3 Å². The molecular weight excluding hydrogens is 340 g/mol. The lowest BCUT2D eigenvalue weighted by Crippen LogP contribution is -2.30. The van der Waals surface area contributed by atoms with E-state index in [-0.39, 0.29) is 24.0 Å². The van der Waals surface area contributed by atoms with Crippen molar-refractivity contribution in [3.8, 4) is 5.75 Å². The number of hydrogen-bond acceptors (Lipinski definition) is 5. The Labute approximate surface area is 132 Å². The summed E-state index contributed by atoms with van der Waals surface area (Å²) in [4.78, 5) is 23.2. The molecule has 0 radical (unpaired) electrons. The number of ether oxygens (including phenoxy) is 2. The molecule has 0 saturated heterocycles. The number of benzene rings is 1. The van der Waals surface area contributed by atoms with Gasteiger partial charge in [-0.3, -0.25) is 9.59 Å². The van der Waals surface area contributed by atoms with Crippen LogP contribution < -0.4 is 15.8 Å². The summed E-state index contributed by atoms with van der Waals surface area (Å²) in [6, 6.07) is 3.24. The number of nitrogens with one attached hydrogen (secondary N) is 1. The van der Waals surface area contributed by atoms with Gasteiger partial charge in [0, 0.05) is 24.7 Å². The fourth-order valence-electron chi connectivity index (χ4n) is 1.67. The Bertz CT molecular complexity index is 520. The Morgan fingerprint density at radius 1 is 1.38 bits per heavy atom. The highest BCUT2D eigenvalue weighted by atomic mass is 79.9. The van der Waals surface area contributed by atoms with Gasteiger partial charge in [-0.15, -0.1) is 0 Å². The molecule has 21 heavy (non-hydrogen) atoms. The Morgan fingerprint density at radius 3 is 2.71 bits per heavy atom. The van der Waals surface area contributed by atoms with Gasteiger partial charge >= 0.3 is 0 Å². The molecule has 116 valence electrons. The van der Waals surface area contributed by atoms with Crippen molar-refractivity contribution in [3.05, 3.63) is 22.2 Å². The van der Waals surface area contributed by atoms with Crippen molar-refractivity contribution in [2.24, 2.45) is 0 Å². The number of carbonyl (C=O) groups excluding carboxylic acids is 2. The Kier molecular flexibility index (Phi) is 7.18. The van der Waals surface area contributed by atoms with Crippen LogP contribution >= 0.6 is 15.9 Å². The molecule has 7 heteroatoms. The normalized spacial score (nSPS) is 10.2. The van der Waals surface area contributed by atoms with Gasteiger partial charge < -0.3 is 20.5 Å². The maximum absolute atomic E-state index is 11.6. The summed E-state index contributed by atoms with van der Waals surface area (Å²) in [5.41, 5.74) is 6.48. The molecule has 0 aliphatic heterocycles. The highest BCUT2D eigenvalue weighted by Crippen LogP contribution is 2.31. The van der Waals surface area contributed by atoms with Crippen molar-refractivity contribution < 1.29 is 19.1 Å². The standard InChI is InChI=1S/C14H19BrN2O4/c1-9(18)11-6-10(15)7-12(16)14(11)21-8-13(19)17-4-3-5-20-2/h6-7H,3-5,8,16H2,1-2H3,(H,17,19). The first kappa shape index (κ1) is 17.5. The first-order chi connectivity index (χ1) is 9.95. The van der Waals surface area contributed by atoms with Crippen molar-refractivity contribution in [1.29, 1.82) is 0 Å². The Morgan fingerprint density at radius 2 is 2.10 bits per heavy atom. The molecule has 0 saturated carbocycles. The van der Waals surface area contributed by atoms with Crippen LogP contribution in [0.1, 0.15) is 23.7 Å². The van der Waals surface area contributed by atoms with Gasteiger partial charge in [0.2, 0.25) is 0 Å². The zero-order valence-electron chi connectivity index (χ0n) is 12.1. The SMILES string of the molecule is COCCCNC(=O)COc1c(N)cc(Br)cc1C(C)=O. The van der Waals surface area contributed by atoms with Gasteiger partial charge in [-0.1, -0.05) is 15.9 Å². The number of halogens is 1. The number of amides is 1.